The van der Waals surface area contributed by atoms with Gasteiger partial charge < -0.3 is 19.7 Å². The molecule has 1 aliphatic heterocycles. The van der Waals surface area contributed by atoms with E-state index in [0.717, 1.165) is 5.75 Å². The number of ether oxygens (including phenoxy) is 2. The predicted molar refractivity (Wildman–Crippen MR) is 94.8 cm³/mol. The minimum Gasteiger partial charge on any atom is -0.486 e. The van der Waals surface area contributed by atoms with Crippen molar-refractivity contribution in [1.29, 1.82) is 0 Å². The smallest absolute Gasteiger partial charge is 0.236 e. The standard InChI is InChI=1S/C18H27N3O4/c1-13(2)19-17(22)10-20(3)11-18(23)21(4)9-14-12-24-15-7-5-6-8-16(15)25-14/h5-8,13-14H,9-12H2,1-4H3,(H,19,22)/t14-/m1/s1. The van der Waals surface area contributed by atoms with E-state index in [-0.39, 0.29) is 37.0 Å². The second-order valence-corrected chi connectivity index (χ2v) is 6.67. The highest BCUT2D eigenvalue weighted by Crippen LogP contribution is 2.30. The van der Waals surface area contributed by atoms with Crippen molar-refractivity contribution in [3.63, 3.8) is 0 Å². The molecule has 1 N–H and O–H groups in total. The summed E-state index contributed by atoms with van der Waals surface area (Å²) in [7, 11) is 3.48. The molecule has 0 unspecified atom stereocenters. The molecule has 0 aliphatic carbocycles. The molecule has 2 rings (SSSR count). The maximum absolute atomic E-state index is 12.3. The Balaban J connectivity index is 1.78. The molecule has 7 nitrogen and oxygen atoms in total. The van der Waals surface area contributed by atoms with Crippen LogP contribution >= 0.6 is 0 Å². The Kier molecular flexibility index (Phi) is 6.64. The molecule has 1 aromatic rings. The topological polar surface area (TPSA) is 71.1 Å². The predicted octanol–water partition coefficient (Wildman–Crippen LogP) is 0.741. The van der Waals surface area contributed by atoms with Gasteiger partial charge in [-0.15, -0.1) is 0 Å². The van der Waals surface area contributed by atoms with Crippen LogP contribution in [0.25, 0.3) is 0 Å². The maximum atomic E-state index is 12.3. The summed E-state index contributed by atoms with van der Waals surface area (Å²) in [4.78, 5) is 27.4. The number of benzene rings is 1. The van der Waals surface area contributed by atoms with Crippen LogP contribution in [0.1, 0.15) is 13.8 Å². The summed E-state index contributed by atoms with van der Waals surface area (Å²) in [5.74, 6) is 1.27. The highest BCUT2D eigenvalue weighted by molar-refractivity contribution is 5.81. The molecule has 0 saturated carbocycles. The van der Waals surface area contributed by atoms with Crippen LogP contribution in [-0.2, 0) is 9.59 Å². The fraction of sp³-hybridized carbons (Fsp3) is 0.556. The molecule has 1 aromatic carbocycles. The van der Waals surface area contributed by atoms with Gasteiger partial charge in [-0.25, -0.2) is 0 Å². The third kappa shape index (κ3) is 5.94. The molecule has 1 heterocycles. The van der Waals surface area contributed by atoms with E-state index in [2.05, 4.69) is 5.32 Å². The van der Waals surface area contributed by atoms with Crippen molar-refractivity contribution in [2.24, 2.45) is 0 Å². The largest absolute Gasteiger partial charge is 0.486 e. The van der Waals surface area contributed by atoms with E-state index in [1.165, 1.54) is 0 Å². The molecule has 0 aromatic heterocycles. The third-order valence-electron chi connectivity index (χ3n) is 3.74. The van der Waals surface area contributed by atoms with Gasteiger partial charge in [-0.3, -0.25) is 14.5 Å². The summed E-state index contributed by atoms with van der Waals surface area (Å²) < 4.78 is 11.5. The molecular formula is C18H27N3O4. The van der Waals surface area contributed by atoms with Crippen LogP contribution in [0.15, 0.2) is 24.3 Å². The number of hydrogen-bond acceptors (Lipinski definition) is 5. The van der Waals surface area contributed by atoms with Gasteiger partial charge in [-0.1, -0.05) is 12.1 Å². The van der Waals surface area contributed by atoms with Gasteiger partial charge in [-0.05, 0) is 33.0 Å². The minimum atomic E-state index is -0.210. The van der Waals surface area contributed by atoms with E-state index in [1.807, 2.05) is 38.1 Å². The maximum Gasteiger partial charge on any atom is 0.236 e. The normalized spacial score (nSPS) is 16.0. The van der Waals surface area contributed by atoms with Gasteiger partial charge >= 0.3 is 0 Å². The molecular weight excluding hydrogens is 322 g/mol. The molecule has 0 saturated heterocycles. The molecule has 7 heteroatoms. The van der Waals surface area contributed by atoms with Crippen molar-refractivity contribution in [3.8, 4) is 11.5 Å². The van der Waals surface area contributed by atoms with Crippen molar-refractivity contribution in [3.05, 3.63) is 24.3 Å². The van der Waals surface area contributed by atoms with E-state index in [1.54, 1.807) is 23.9 Å². The lowest BCUT2D eigenvalue weighted by Gasteiger charge is -2.30. The Morgan fingerprint density at radius 3 is 2.56 bits per heavy atom. The first-order valence-corrected chi connectivity index (χ1v) is 8.45. The van der Waals surface area contributed by atoms with Crippen molar-refractivity contribution in [2.45, 2.75) is 26.0 Å². The van der Waals surface area contributed by atoms with Crippen molar-refractivity contribution in [2.75, 3.05) is 40.3 Å². The summed E-state index contributed by atoms with van der Waals surface area (Å²) in [5, 5.41) is 2.81. The van der Waals surface area contributed by atoms with E-state index < -0.39 is 0 Å². The lowest BCUT2D eigenvalue weighted by molar-refractivity contribution is -0.132. The Bertz CT molecular complexity index is 606. The van der Waals surface area contributed by atoms with Gasteiger partial charge in [0.05, 0.1) is 19.6 Å². The summed E-state index contributed by atoms with van der Waals surface area (Å²) in [5.41, 5.74) is 0. The van der Waals surface area contributed by atoms with Crippen molar-refractivity contribution in [1.82, 2.24) is 15.1 Å². The quantitative estimate of drug-likeness (QED) is 0.786. The summed E-state index contributed by atoms with van der Waals surface area (Å²) in [6.45, 7) is 5.00. The number of para-hydroxylation sites is 2. The van der Waals surface area contributed by atoms with Crippen molar-refractivity contribution >= 4 is 11.8 Å². The number of carbonyl (C=O) groups excluding carboxylic acids is 2. The van der Waals surface area contributed by atoms with E-state index in [0.29, 0.717) is 18.9 Å². The van der Waals surface area contributed by atoms with Crippen molar-refractivity contribution < 1.29 is 19.1 Å². The van der Waals surface area contributed by atoms with Gasteiger partial charge in [0, 0.05) is 13.1 Å². The molecule has 0 radical (unpaired) electrons. The lowest BCUT2D eigenvalue weighted by Crippen LogP contribution is -2.46. The highest BCUT2D eigenvalue weighted by atomic mass is 16.6. The molecule has 138 valence electrons. The Labute approximate surface area is 148 Å². The van der Waals surface area contributed by atoms with E-state index in [9.17, 15) is 9.59 Å². The SMILES string of the molecule is CC(C)NC(=O)CN(C)CC(=O)N(C)C[C@@H]1COc2ccccc2O1. The van der Waals surface area contributed by atoms with Gasteiger partial charge in [0.1, 0.15) is 6.61 Å². The fourth-order valence-electron chi connectivity index (χ4n) is 2.58. The van der Waals surface area contributed by atoms with E-state index >= 15 is 0 Å². The zero-order valence-electron chi connectivity index (χ0n) is 15.3. The fourth-order valence-corrected chi connectivity index (χ4v) is 2.58. The molecule has 0 spiro atoms. The Hall–Kier alpha value is -2.28. The number of fused-ring (bicyclic) bond motifs is 1. The van der Waals surface area contributed by atoms with Gasteiger partial charge in [0.2, 0.25) is 11.8 Å². The van der Waals surface area contributed by atoms with Crippen LogP contribution in [0.2, 0.25) is 0 Å². The second kappa shape index (κ2) is 8.71. The number of rotatable bonds is 7. The minimum absolute atomic E-state index is 0.0673. The van der Waals surface area contributed by atoms with E-state index in [4.69, 9.17) is 9.47 Å². The Morgan fingerprint density at radius 1 is 1.20 bits per heavy atom. The van der Waals surface area contributed by atoms with Gasteiger partial charge in [0.25, 0.3) is 0 Å². The lowest BCUT2D eigenvalue weighted by atomic mass is 10.2. The van der Waals surface area contributed by atoms with Gasteiger partial charge in [0.15, 0.2) is 17.6 Å². The highest BCUT2D eigenvalue weighted by Gasteiger charge is 2.24. The first-order valence-electron chi connectivity index (χ1n) is 8.45. The number of likely N-dealkylation sites (N-methyl/N-ethyl adjacent to an activating group) is 2. The first kappa shape index (κ1) is 19.1. The molecule has 2 amide bonds. The van der Waals surface area contributed by atoms with Crippen LogP contribution in [0.4, 0.5) is 0 Å². The number of hydrogen-bond donors (Lipinski definition) is 1. The van der Waals surface area contributed by atoms with Gasteiger partial charge in [-0.2, -0.15) is 0 Å². The average molecular weight is 349 g/mol. The van der Waals surface area contributed by atoms with Crippen LogP contribution in [0.3, 0.4) is 0 Å². The van der Waals surface area contributed by atoms with Crippen LogP contribution in [0.5, 0.6) is 11.5 Å². The number of nitrogens with one attached hydrogen (secondary N) is 1. The molecule has 25 heavy (non-hydrogen) atoms. The molecule has 0 fully saturated rings. The molecule has 0 bridgehead atoms. The van der Waals surface area contributed by atoms with Crippen LogP contribution < -0.4 is 14.8 Å². The second-order valence-electron chi connectivity index (χ2n) is 6.67. The summed E-state index contributed by atoms with van der Waals surface area (Å²) in [6.07, 6.45) is -0.210. The molecule has 1 aliphatic rings. The van der Waals surface area contributed by atoms with Crippen LogP contribution in [0, 0.1) is 0 Å². The zero-order chi connectivity index (χ0) is 18.4. The number of carbonyl (C=O) groups is 2. The Morgan fingerprint density at radius 2 is 1.88 bits per heavy atom. The summed E-state index contributed by atoms with van der Waals surface area (Å²) in [6, 6.07) is 7.58. The van der Waals surface area contributed by atoms with Crippen LogP contribution in [-0.4, -0.2) is 74.1 Å². The molecule has 1 atom stereocenters. The zero-order valence-corrected chi connectivity index (χ0v) is 15.3. The number of nitrogens with zero attached hydrogens (tertiary/aromatic N) is 2. The average Bonchev–Trinajstić information content (AvgIpc) is 2.53. The first-order chi connectivity index (χ1) is 11.8. The monoisotopic (exact) mass is 349 g/mol. The third-order valence-corrected chi connectivity index (χ3v) is 3.74. The summed E-state index contributed by atoms with van der Waals surface area (Å²) >= 11 is 0. The number of amides is 2.